The maximum absolute atomic E-state index is 4.50. The molecule has 0 radical (unpaired) electrons. The largest absolute Gasteiger partial charge is 0.275 e. The Bertz CT molecular complexity index is 1280. The molecule has 3 aromatic carbocycles. The Balaban J connectivity index is 1.67. The maximum atomic E-state index is 4.50. The van der Waals surface area contributed by atoms with Gasteiger partial charge in [-0.05, 0) is 39.8 Å². The first-order chi connectivity index (χ1) is 14.4. The number of nitrogens with zero attached hydrogens (tertiary/aromatic N) is 5. The van der Waals surface area contributed by atoms with Crippen LogP contribution >= 0.6 is 0 Å². The van der Waals surface area contributed by atoms with Crippen molar-refractivity contribution >= 4 is 28.1 Å². The van der Waals surface area contributed by atoms with Crippen LogP contribution in [0.4, 0.5) is 17.3 Å². The predicted molar refractivity (Wildman–Crippen MR) is 114 cm³/mol. The highest BCUT2D eigenvalue weighted by molar-refractivity contribution is 6.18. The molecule has 136 valence electrons. The van der Waals surface area contributed by atoms with Crippen LogP contribution in [-0.2, 0) is 0 Å². The Morgan fingerprint density at radius 1 is 0.621 bits per heavy atom. The van der Waals surface area contributed by atoms with Gasteiger partial charge < -0.3 is 0 Å². The topological polar surface area (TPSA) is 54.8 Å². The molecule has 0 bridgehead atoms. The quantitative estimate of drug-likeness (QED) is 0.408. The van der Waals surface area contributed by atoms with Gasteiger partial charge in [0.05, 0.1) is 23.8 Å². The minimum Gasteiger partial charge on any atom is -0.275 e. The molecule has 2 heterocycles. The van der Waals surface area contributed by atoms with E-state index in [1.807, 2.05) is 11.0 Å². The first-order valence-electron chi connectivity index (χ1n) is 9.39. The molecule has 1 aliphatic rings. The fraction of sp³-hybridized carbons (Fsp3) is 0. The average Bonchev–Trinajstić information content (AvgIpc) is 3.13. The van der Waals surface area contributed by atoms with Crippen molar-refractivity contribution in [2.75, 3.05) is 4.90 Å². The summed E-state index contributed by atoms with van der Waals surface area (Å²) in [6.45, 7) is 0. The van der Waals surface area contributed by atoms with Crippen LogP contribution in [-0.4, -0.2) is 19.9 Å². The molecule has 1 aliphatic carbocycles. The zero-order chi connectivity index (χ0) is 19.2. The summed E-state index contributed by atoms with van der Waals surface area (Å²) >= 11 is 0. The van der Waals surface area contributed by atoms with Crippen molar-refractivity contribution in [1.29, 1.82) is 0 Å². The number of hydrogen-bond donors (Lipinski definition) is 0. The van der Waals surface area contributed by atoms with Crippen molar-refractivity contribution in [2.24, 2.45) is 0 Å². The van der Waals surface area contributed by atoms with Crippen LogP contribution in [0.3, 0.4) is 0 Å². The lowest BCUT2D eigenvalue weighted by molar-refractivity contribution is 1.06. The Morgan fingerprint density at radius 3 is 2.07 bits per heavy atom. The van der Waals surface area contributed by atoms with E-state index in [0.29, 0.717) is 5.95 Å². The van der Waals surface area contributed by atoms with Crippen LogP contribution < -0.4 is 4.90 Å². The fourth-order valence-corrected chi connectivity index (χ4v) is 4.16. The zero-order valence-electron chi connectivity index (χ0n) is 15.4. The summed E-state index contributed by atoms with van der Waals surface area (Å²) in [7, 11) is 0. The number of fused-ring (bicyclic) bond motifs is 3. The summed E-state index contributed by atoms with van der Waals surface area (Å²) in [5, 5.41) is 2.40. The summed E-state index contributed by atoms with van der Waals surface area (Å²) in [5.41, 5.74) is 6.88. The Hall–Kier alpha value is -4.12. The summed E-state index contributed by atoms with van der Waals surface area (Å²) in [4.78, 5) is 19.4. The monoisotopic (exact) mass is 373 g/mol. The van der Waals surface area contributed by atoms with E-state index in [-0.39, 0.29) is 0 Å². The van der Waals surface area contributed by atoms with Gasteiger partial charge in [-0.3, -0.25) is 4.90 Å². The molecule has 5 nitrogen and oxygen atoms in total. The highest BCUT2D eigenvalue weighted by Crippen LogP contribution is 2.50. The van der Waals surface area contributed by atoms with Crippen LogP contribution in [0.25, 0.3) is 33.0 Å². The Kier molecular flexibility index (Phi) is 3.40. The molecule has 0 saturated carbocycles. The van der Waals surface area contributed by atoms with Gasteiger partial charge in [-0.25, -0.2) is 19.9 Å². The number of rotatable bonds is 3. The van der Waals surface area contributed by atoms with Crippen molar-refractivity contribution in [3.8, 4) is 22.3 Å². The molecule has 0 N–H and O–H groups in total. The summed E-state index contributed by atoms with van der Waals surface area (Å²) in [6.07, 6.45) is 8.57. The molecular formula is C24H15N5. The van der Waals surface area contributed by atoms with Crippen molar-refractivity contribution < 1.29 is 0 Å². The van der Waals surface area contributed by atoms with Crippen LogP contribution in [0.2, 0.25) is 0 Å². The minimum absolute atomic E-state index is 0.582. The molecule has 29 heavy (non-hydrogen) atoms. The van der Waals surface area contributed by atoms with E-state index in [9.17, 15) is 0 Å². The SMILES string of the molecule is c1cnc(N(c2cncnc2)c2ccc3c4c(cccc24)-c2ccccc2-3)nc1. The zero-order valence-corrected chi connectivity index (χ0v) is 15.4. The number of benzene rings is 3. The van der Waals surface area contributed by atoms with E-state index >= 15 is 0 Å². The molecule has 0 saturated heterocycles. The number of hydrogen-bond acceptors (Lipinski definition) is 5. The van der Waals surface area contributed by atoms with Gasteiger partial charge in [0.25, 0.3) is 0 Å². The Morgan fingerprint density at radius 2 is 1.31 bits per heavy atom. The van der Waals surface area contributed by atoms with Crippen LogP contribution in [0, 0.1) is 0 Å². The lowest BCUT2D eigenvalue weighted by Gasteiger charge is -2.24. The fourth-order valence-electron chi connectivity index (χ4n) is 4.16. The van der Waals surface area contributed by atoms with E-state index < -0.39 is 0 Å². The molecule has 0 aliphatic heterocycles. The summed E-state index contributed by atoms with van der Waals surface area (Å²) in [6, 6.07) is 21.1. The molecule has 0 spiro atoms. The average molecular weight is 373 g/mol. The van der Waals surface area contributed by atoms with Gasteiger partial charge in [0, 0.05) is 17.8 Å². The number of anilines is 3. The van der Waals surface area contributed by atoms with Gasteiger partial charge in [0.1, 0.15) is 6.33 Å². The van der Waals surface area contributed by atoms with E-state index in [1.54, 1.807) is 24.8 Å². The van der Waals surface area contributed by atoms with Crippen LogP contribution in [0.1, 0.15) is 0 Å². The van der Waals surface area contributed by atoms with Crippen molar-refractivity contribution in [2.45, 2.75) is 0 Å². The molecule has 0 atom stereocenters. The Labute approximate surface area is 167 Å². The number of aromatic nitrogens is 4. The van der Waals surface area contributed by atoms with Gasteiger partial charge in [0.2, 0.25) is 5.95 Å². The third-order valence-electron chi connectivity index (χ3n) is 5.32. The highest BCUT2D eigenvalue weighted by Gasteiger charge is 2.25. The molecular weight excluding hydrogens is 358 g/mol. The minimum atomic E-state index is 0.582. The van der Waals surface area contributed by atoms with E-state index in [1.165, 1.54) is 34.0 Å². The van der Waals surface area contributed by atoms with Crippen LogP contribution in [0.5, 0.6) is 0 Å². The molecule has 0 fully saturated rings. The second-order valence-corrected chi connectivity index (χ2v) is 6.89. The maximum Gasteiger partial charge on any atom is 0.234 e. The highest BCUT2D eigenvalue weighted by atomic mass is 15.3. The van der Waals surface area contributed by atoms with E-state index in [4.69, 9.17) is 0 Å². The third-order valence-corrected chi connectivity index (χ3v) is 5.32. The first-order valence-corrected chi connectivity index (χ1v) is 9.39. The third kappa shape index (κ3) is 2.34. The second-order valence-electron chi connectivity index (χ2n) is 6.89. The molecule has 6 rings (SSSR count). The van der Waals surface area contributed by atoms with Crippen molar-refractivity contribution in [1.82, 2.24) is 19.9 Å². The normalized spacial score (nSPS) is 11.4. The first kappa shape index (κ1) is 15.9. The van der Waals surface area contributed by atoms with E-state index in [0.717, 1.165) is 16.8 Å². The van der Waals surface area contributed by atoms with Crippen LogP contribution in [0.15, 0.2) is 91.8 Å². The summed E-state index contributed by atoms with van der Waals surface area (Å²) < 4.78 is 0. The molecule has 0 unspecified atom stereocenters. The smallest absolute Gasteiger partial charge is 0.234 e. The van der Waals surface area contributed by atoms with E-state index in [2.05, 4.69) is 74.5 Å². The van der Waals surface area contributed by atoms with Gasteiger partial charge >= 0.3 is 0 Å². The van der Waals surface area contributed by atoms with Gasteiger partial charge in [0.15, 0.2) is 0 Å². The van der Waals surface area contributed by atoms with Gasteiger partial charge in [-0.1, -0.05) is 48.5 Å². The summed E-state index contributed by atoms with van der Waals surface area (Å²) in [5.74, 6) is 0.582. The molecule has 5 heteroatoms. The lowest BCUT2D eigenvalue weighted by Crippen LogP contribution is -2.14. The van der Waals surface area contributed by atoms with Crippen molar-refractivity contribution in [3.05, 3.63) is 91.8 Å². The van der Waals surface area contributed by atoms with Crippen molar-refractivity contribution in [3.63, 3.8) is 0 Å². The standard InChI is InChI=1S/C24H15N5/c1-2-6-18-17(5-1)19-7-3-8-21-22(10-9-20(18)23(19)21)29(16-13-25-15-26-14-16)24-27-11-4-12-28-24/h1-15H. The molecule has 0 amide bonds. The lowest BCUT2D eigenvalue weighted by atomic mass is 10.0. The molecule has 5 aromatic rings. The van der Waals surface area contributed by atoms with Gasteiger partial charge in [-0.15, -0.1) is 0 Å². The predicted octanol–water partition coefficient (Wildman–Crippen LogP) is 5.54. The van der Waals surface area contributed by atoms with Gasteiger partial charge in [-0.2, -0.15) is 0 Å². The molecule has 2 aromatic heterocycles. The second kappa shape index (κ2) is 6.21.